The van der Waals surface area contributed by atoms with Gasteiger partial charge in [0.15, 0.2) is 5.82 Å². The predicted octanol–water partition coefficient (Wildman–Crippen LogP) is 2.78. The van der Waals surface area contributed by atoms with Crippen molar-refractivity contribution in [1.29, 1.82) is 0 Å². The van der Waals surface area contributed by atoms with E-state index in [0.29, 0.717) is 24.5 Å². The van der Waals surface area contributed by atoms with Crippen LogP contribution in [-0.4, -0.2) is 59.4 Å². The van der Waals surface area contributed by atoms with Gasteiger partial charge in [-0.2, -0.15) is 0 Å². The SMILES string of the molecule is CCN(CCN(C)C)C(=O)c1cccc(-c2nc(C)cc(C)n2)c1. The molecular formula is C19H26N4O. The summed E-state index contributed by atoms with van der Waals surface area (Å²) in [5.74, 6) is 0.712. The molecule has 0 bridgehead atoms. The number of carbonyl (C=O) groups excluding carboxylic acids is 1. The van der Waals surface area contributed by atoms with Gasteiger partial charge in [0.25, 0.3) is 5.91 Å². The summed E-state index contributed by atoms with van der Waals surface area (Å²) in [6.07, 6.45) is 0. The summed E-state index contributed by atoms with van der Waals surface area (Å²) in [4.78, 5) is 25.7. The number of aryl methyl sites for hydroxylation is 2. The van der Waals surface area contributed by atoms with Gasteiger partial charge < -0.3 is 9.80 Å². The standard InChI is InChI=1S/C19H26N4O/c1-6-23(11-10-22(4)5)19(24)17-9-7-8-16(13-17)18-20-14(2)12-15(3)21-18/h7-9,12-13H,6,10-11H2,1-5H3. The Hall–Kier alpha value is -2.27. The molecule has 0 unspecified atom stereocenters. The maximum absolute atomic E-state index is 12.8. The van der Waals surface area contributed by atoms with Crippen LogP contribution in [0.15, 0.2) is 30.3 Å². The molecule has 0 N–H and O–H groups in total. The molecule has 0 saturated heterocycles. The molecule has 5 heteroatoms. The first-order valence-electron chi connectivity index (χ1n) is 8.27. The van der Waals surface area contributed by atoms with Crippen molar-refractivity contribution in [2.45, 2.75) is 20.8 Å². The van der Waals surface area contributed by atoms with E-state index in [1.54, 1.807) is 0 Å². The average Bonchev–Trinajstić information content (AvgIpc) is 2.54. The van der Waals surface area contributed by atoms with Gasteiger partial charge in [-0.15, -0.1) is 0 Å². The molecule has 24 heavy (non-hydrogen) atoms. The number of likely N-dealkylation sites (N-methyl/N-ethyl adjacent to an activating group) is 2. The van der Waals surface area contributed by atoms with Crippen LogP contribution in [-0.2, 0) is 0 Å². The lowest BCUT2D eigenvalue weighted by molar-refractivity contribution is 0.0754. The van der Waals surface area contributed by atoms with Crippen LogP contribution in [0.3, 0.4) is 0 Å². The number of nitrogens with zero attached hydrogens (tertiary/aromatic N) is 4. The molecule has 2 rings (SSSR count). The number of hydrogen-bond acceptors (Lipinski definition) is 4. The minimum atomic E-state index is 0.0468. The third-order valence-corrected chi connectivity index (χ3v) is 3.84. The third kappa shape index (κ3) is 4.61. The largest absolute Gasteiger partial charge is 0.338 e. The van der Waals surface area contributed by atoms with E-state index < -0.39 is 0 Å². The smallest absolute Gasteiger partial charge is 0.253 e. The lowest BCUT2D eigenvalue weighted by Gasteiger charge is -2.23. The van der Waals surface area contributed by atoms with Crippen molar-refractivity contribution in [3.63, 3.8) is 0 Å². The molecule has 1 aromatic carbocycles. The van der Waals surface area contributed by atoms with Crippen LogP contribution in [0.4, 0.5) is 0 Å². The van der Waals surface area contributed by atoms with E-state index in [1.807, 2.05) is 70.1 Å². The Balaban J connectivity index is 2.27. The fourth-order valence-corrected chi connectivity index (χ4v) is 2.55. The van der Waals surface area contributed by atoms with Gasteiger partial charge in [-0.05, 0) is 53.1 Å². The number of benzene rings is 1. The zero-order valence-corrected chi connectivity index (χ0v) is 15.2. The average molecular weight is 326 g/mol. The van der Waals surface area contributed by atoms with E-state index in [4.69, 9.17) is 0 Å². The Kier molecular flexibility index (Phi) is 6.04. The highest BCUT2D eigenvalue weighted by Crippen LogP contribution is 2.18. The van der Waals surface area contributed by atoms with Crippen LogP contribution in [0, 0.1) is 13.8 Å². The molecule has 0 saturated carbocycles. The van der Waals surface area contributed by atoms with Crippen molar-refractivity contribution in [2.75, 3.05) is 33.7 Å². The van der Waals surface area contributed by atoms with Gasteiger partial charge >= 0.3 is 0 Å². The molecule has 0 aliphatic heterocycles. The highest BCUT2D eigenvalue weighted by Gasteiger charge is 2.15. The highest BCUT2D eigenvalue weighted by molar-refractivity contribution is 5.95. The molecule has 0 aliphatic rings. The number of rotatable bonds is 6. The van der Waals surface area contributed by atoms with E-state index in [9.17, 15) is 4.79 Å². The summed E-state index contributed by atoms with van der Waals surface area (Å²) in [7, 11) is 4.02. The quantitative estimate of drug-likeness (QED) is 0.819. The first-order valence-corrected chi connectivity index (χ1v) is 8.27. The molecule has 128 valence electrons. The predicted molar refractivity (Wildman–Crippen MR) is 97.1 cm³/mol. The molecule has 0 spiro atoms. The van der Waals surface area contributed by atoms with Crippen LogP contribution in [0.25, 0.3) is 11.4 Å². The summed E-state index contributed by atoms with van der Waals surface area (Å²) >= 11 is 0. The highest BCUT2D eigenvalue weighted by atomic mass is 16.2. The van der Waals surface area contributed by atoms with Crippen molar-refractivity contribution in [1.82, 2.24) is 19.8 Å². The zero-order valence-electron chi connectivity index (χ0n) is 15.2. The summed E-state index contributed by atoms with van der Waals surface area (Å²) in [5.41, 5.74) is 3.40. The molecular weight excluding hydrogens is 300 g/mol. The summed E-state index contributed by atoms with van der Waals surface area (Å²) < 4.78 is 0. The number of hydrogen-bond donors (Lipinski definition) is 0. The van der Waals surface area contributed by atoms with Gasteiger partial charge in [-0.3, -0.25) is 4.79 Å². The number of carbonyl (C=O) groups is 1. The molecule has 0 aliphatic carbocycles. The van der Waals surface area contributed by atoms with Crippen molar-refractivity contribution in [3.05, 3.63) is 47.3 Å². The number of amides is 1. The maximum atomic E-state index is 12.8. The fourth-order valence-electron chi connectivity index (χ4n) is 2.55. The van der Waals surface area contributed by atoms with Gasteiger partial charge in [-0.1, -0.05) is 12.1 Å². The first-order chi connectivity index (χ1) is 11.4. The Bertz CT molecular complexity index is 692. The molecule has 2 aromatic rings. The second-order valence-corrected chi connectivity index (χ2v) is 6.24. The van der Waals surface area contributed by atoms with E-state index >= 15 is 0 Å². The van der Waals surface area contributed by atoms with Gasteiger partial charge in [0.1, 0.15) is 0 Å². The second kappa shape index (κ2) is 8.02. The Labute approximate surface area is 144 Å². The number of aromatic nitrogens is 2. The van der Waals surface area contributed by atoms with Crippen molar-refractivity contribution in [2.24, 2.45) is 0 Å². The Morgan fingerprint density at radius 3 is 2.29 bits per heavy atom. The van der Waals surface area contributed by atoms with E-state index in [1.165, 1.54) is 0 Å². The molecule has 1 heterocycles. The Morgan fingerprint density at radius 1 is 1.04 bits per heavy atom. The van der Waals surface area contributed by atoms with Gasteiger partial charge in [0.05, 0.1) is 0 Å². The van der Waals surface area contributed by atoms with E-state index in [0.717, 1.165) is 23.5 Å². The molecule has 1 aromatic heterocycles. The molecule has 0 atom stereocenters. The lowest BCUT2D eigenvalue weighted by Crippen LogP contribution is -2.36. The van der Waals surface area contributed by atoms with Crippen LogP contribution < -0.4 is 0 Å². The topological polar surface area (TPSA) is 49.3 Å². The summed E-state index contributed by atoms with van der Waals surface area (Å²) in [6, 6.07) is 9.52. The third-order valence-electron chi connectivity index (χ3n) is 3.84. The minimum Gasteiger partial charge on any atom is -0.338 e. The monoisotopic (exact) mass is 326 g/mol. The van der Waals surface area contributed by atoms with E-state index in [-0.39, 0.29) is 5.91 Å². The molecule has 0 radical (unpaired) electrons. The van der Waals surface area contributed by atoms with Gasteiger partial charge in [-0.25, -0.2) is 9.97 Å². The second-order valence-electron chi connectivity index (χ2n) is 6.24. The van der Waals surface area contributed by atoms with Crippen LogP contribution in [0.2, 0.25) is 0 Å². The van der Waals surface area contributed by atoms with Gasteiger partial charge in [0, 0.05) is 42.1 Å². The van der Waals surface area contributed by atoms with Crippen LogP contribution >= 0.6 is 0 Å². The fraction of sp³-hybridized carbons (Fsp3) is 0.421. The first kappa shape index (κ1) is 18.1. The maximum Gasteiger partial charge on any atom is 0.253 e. The van der Waals surface area contributed by atoms with Crippen LogP contribution in [0.5, 0.6) is 0 Å². The molecule has 1 amide bonds. The van der Waals surface area contributed by atoms with Crippen molar-refractivity contribution >= 4 is 5.91 Å². The van der Waals surface area contributed by atoms with Crippen molar-refractivity contribution in [3.8, 4) is 11.4 Å². The summed E-state index contributed by atoms with van der Waals surface area (Å²) in [5, 5.41) is 0. The molecule has 5 nitrogen and oxygen atoms in total. The normalized spacial score (nSPS) is 10.9. The minimum absolute atomic E-state index is 0.0468. The van der Waals surface area contributed by atoms with Gasteiger partial charge in [0.2, 0.25) is 0 Å². The molecule has 0 fully saturated rings. The lowest BCUT2D eigenvalue weighted by atomic mass is 10.1. The van der Waals surface area contributed by atoms with E-state index in [2.05, 4.69) is 14.9 Å². The Morgan fingerprint density at radius 2 is 1.71 bits per heavy atom. The zero-order chi connectivity index (χ0) is 17.7. The summed E-state index contributed by atoms with van der Waals surface area (Å²) in [6.45, 7) is 8.16. The van der Waals surface area contributed by atoms with Crippen LogP contribution in [0.1, 0.15) is 28.7 Å². The van der Waals surface area contributed by atoms with Crippen molar-refractivity contribution < 1.29 is 4.79 Å².